The third-order valence-corrected chi connectivity index (χ3v) is 3.97. The number of unbranched alkanes of at least 4 members (excludes halogenated alkanes) is 2. The summed E-state index contributed by atoms with van der Waals surface area (Å²) in [5, 5.41) is 0. The molecule has 0 aromatic heterocycles. The Bertz CT molecular complexity index is 228. The van der Waals surface area contributed by atoms with E-state index in [-0.39, 0.29) is 0 Å². The van der Waals surface area contributed by atoms with Gasteiger partial charge in [0.15, 0.2) is 0 Å². The molecule has 0 radical (unpaired) electrons. The quantitative estimate of drug-likeness (QED) is 0.368. The molecule has 0 amide bonds. The van der Waals surface area contributed by atoms with Crippen LogP contribution in [0.15, 0.2) is 24.7 Å². The second-order valence-corrected chi connectivity index (χ2v) is 5.53. The first-order valence-corrected chi connectivity index (χ1v) is 8.15. The monoisotopic (exact) mass is 266 g/mol. The van der Waals surface area contributed by atoms with Crippen LogP contribution in [-0.4, -0.2) is 0 Å². The van der Waals surface area contributed by atoms with Gasteiger partial charge in [0.1, 0.15) is 0 Å². The van der Waals surface area contributed by atoms with Gasteiger partial charge in [-0.1, -0.05) is 66.5 Å². The molecule has 0 rings (SSSR count). The zero-order valence-electron chi connectivity index (χ0n) is 13.6. The van der Waals surface area contributed by atoms with Crippen LogP contribution in [0.3, 0.4) is 0 Å². The van der Waals surface area contributed by atoms with Gasteiger partial charge in [-0.15, -0.1) is 0 Å². The molecule has 19 heavy (non-hydrogen) atoms. The highest BCUT2D eigenvalue weighted by Gasteiger charge is 2.17. The van der Waals surface area contributed by atoms with Crippen molar-refractivity contribution in [2.45, 2.75) is 79.1 Å². The molecule has 0 saturated heterocycles. The molecule has 0 N–H and O–H groups in total. The third-order valence-electron chi connectivity index (χ3n) is 3.97. The van der Waals surface area contributed by atoms with E-state index in [1.165, 1.54) is 38.5 Å². The Morgan fingerprint density at radius 3 is 1.42 bits per heavy atom. The molecule has 0 bridgehead atoms. The van der Waals surface area contributed by atoms with Gasteiger partial charge in [-0.3, -0.25) is 0 Å². The molecule has 0 aliphatic carbocycles. The Morgan fingerprint density at radius 1 is 0.789 bits per heavy atom. The van der Waals surface area contributed by atoms with Crippen LogP contribution in [0.2, 0.25) is 0 Å². The van der Waals surface area contributed by atoms with Crippen molar-refractivity contribution in [2.75, 3.05) is 0 Å². The minimum Gasteiger partial charge on any atom is -0.467 e. The normalized spacial score (nSPS) is 13.9. The van der Waals surface area contributed by atoms with E-state index in [0.29, 0.717) is 11.8 Å². The van der Waals surface area contributed by atoms with Crippen molar-refractivity contribution in [3.63, 3.8) is 0 Å². The largest absolute Gasteiger partial charge is 0.467 e. The van der Waals surface area contributed by atoms with Crippen LogP contribution in [0, 0.1) is 11.8 Å². The summed E-state index contributed by atoms with van der Waals surface area (Å²) in [6, 6.07) is 0. The average molecular weight is 266 g/mol. The van der Waals surface area contributed by atoms with Crippen LogP contribution >= 0.6 is 0 Å². The van der Waals surface area contributed by atoms with Crippen LogP contribution in [0.5, 0.6) is 0 Å². The predicted molar refractivity (Wildman–Crippen MR) is 86.0 cm³/mol. The SMILES string of the molecule is C=C(OC(=C)C(CC)CCCC)C(CC)CCCC. The van der Waals surface area contributed by atoms with Crippen LogP contribution in [-0.2, 0) is 4.74 Å². The number of hydrogen-bond donors (Lipinski definition) is 0. The topological polar surface area (TPSA) is 9.23 Å². The molecular formula is C18H34O. The lowest BCUT2D eigenvalue weighted by molar-refractivity contribution is 0.203. The standard InChI is InChI=1S/C18H34O/c1-7-11-13-17(9-3)15(5)19-16(6)18(10-4)14-12-8-2/h17-18H,5-14H2,1-4H3. The Morgan fingerprint density at radius 2 is 1.16 bits per heavy atom. The molecule has 0 aromatic rings. The first-order valence-electron chi connectivity index (χ1n) is 8.15. The van der Waals surface area contributed by atoms with Gasteiger partial charge in [-0.2, -0.15) is 0 Å². The Labute approximate surface area is 121 Å². The molecule has 0 saturated carbocycles. The van der Waals surface area contributed by atoms with E-state index >= 15 is 0 Å². The van der Waals surface area contributed by atoms with Gasteiger partial charge in [0.2, 0.25) is 0 Å². The van der Waals surface area contributed by atoms with Gasteiger partial charge >= 0.3 is 0 Å². The van der Waals surface area contributed by atoms with E-state index in [9.17, 15) is 0 Å². The zero-order valence-corrected chi connectivity index (χ0v) is 13.6. The maximum Gasteiger partial charge on any atom is 0.0995 e. The lowest BCUT2D eigenvalue weighted by Crippen LogP contribution is -2.10. The van der Waals surface area contributed by atoms with Crippen molar-refractivity contribution in [2.24, 2.45) is 11.8 Å². The van der Waals surface area contributed by atoms with Crippen molar-refractivity contribution >= 4 is 0 Å². The molecule has 0 aliphatic heterocycles. The van der Waals surface area contributed by atoms with E-state index in [4.69, 9.17) is 4.74 Å². The highest BCUT2D eigenvalue weighted by Crippen LogP contribution is 2.28. The summed E-state index contributed by atoms with van der Waals surface area (Å²) in [4.78, 5) is 0. The summed E-state index contributed by atoms with van der Waals surface area (Å²) in [6.07, 6.45) is 9.56. The van der Waals surface area contributed by atoms with Gasteiger partial charge in [-0.25, -0.2) is 0 Å². The molecular weight excluding hydrogens is 232 g/mol. The van der Waals surface area contributed by atoms with Crippen molar-refractivity contribution in [1.82, 2.24) is 0 Å². The zero-order chi connectivity index (χ0) is 14.7. The van der Waals surface area contributed by atoms with Gasteiger partial charge in [0, 0.05) is 11.8 Å². The number of ether oxygens (including phenoxy) is 1. The van der Waals surface area contributed by atoms with E-state index in [0.717, 1.165) is 24.4 Å². The average Bonchev–Trinajstić information content (AvgIpc) is 2.40. The molecule has 2 unspecified atom stereocenters. The minimum atomic E-state index is 0.486. The van der Waals surface area contributed by atoms with E-state index in [2.05, 4.69) is 40.9 Å². The fourth-order valence-electron chi connectivity index (χ4n) is 2.42. The second-order valence-electron chi connectivity index (χ2n) is 5.53. The number of hydrogen-bond acceptors (Lipinski definition) is 1. The van der Waals surface area contributed by atoms with Crippen LogP contribution < -0.4 is 0 Å². The second kappa shape index (κ2) is 11.1. The van der Waals surface area contributed by atoms with Crippen LogP contribution in [0.4, 0.5) is 0 Å². The number of rotatable bonds is 12. The Kier molecular flexibility index (Phi) is 10.7. The highest BCUT2D eigenvalue weighted by molar-refractivity contribution is 5.00. The van der Waals surface area contributed by atoms with Crippen LogP contribution in [0.25, 0.3) is 0 Å². The maximum atomic E-state index is 5.96. The lowest BCUT2D eigenvalue weighted by Gasteiger charge is -2.23. The first-order chi connectivity index (χ1) is 9.10. The predicted octanol–water partition coefficient (Wildman–Crippen LogP) is 6.46. The molecule has 0 spiro atoms. The van der Waals surface area contributed by atoms with Gasteiger partial charge in [-0.05, 0) is 25.7 Å². The third kappa shape index (κ3) is 7.44. The van der Waals surface area contributed by atoms with Crippen molar-refractivity contribution in [3.05, 3.63) is 24.7 Å². The maximum absolute atomic E-state index is 5.96. The molecule has 1 heteroatoms. The minimum absolute atomic E-state index is 0.486. The lowest BCUT2D eigenvalue weighted by atomic mass is 9.96. The summed E-state index contributed by atoms with van der Waals surface area (Å²) in [5.41, 5.74) is 0. The van der Waals surface area contributed by atoms with Crippen molar-refractivity contribution in [3.8, 4) is 0 Å². The Hall–Kier alpha value is -0.720. The summed E-state index contributed by atoms with van der Waals surface area (Å²) < 4.78 is 5.96. The molecule has 0 aliphatic rings. The molecule has 1 nitrogen and oxygen atoms in total. The molecule has 112 valence electrons. The Balaban J connectivity index is 4.30. The number of allylic oxidation sites excluding steroid dienone is 2. The molecule has 0 heterocycles. The van der Waals surface area contributed by atoms with Gasteiger partial charge < -0.3 is 4.74 Å². The molecule has 0 fully saturated rings. The first kappa shape index (κ1) is 18.3. The molecule has 2 atom stereocenters. The van der Waals surface area contributed by atoms with Crippen molar-refractivity contribution in [1.29, 1.82) is 0 Å². The fraction of sp³-hybridized carbons (Fsp3) is 0.778. The van der Waals surface area contributed by atoms with Crippen molar-refractivity contribution < 1.29 is 4.74 Å². The van der Waals surface area contributed by atoms with E-state index in [1.807, 2.05) is 0 Å². The highest BCUT2D eigenvalue weighted by atomic mass is 16.5. The van der Waals surface area contributed by atoms with E-state index in [1.54, 1.807) is 0 Å². The van der Waals surface area contributed by atoms with Gasteiger partial charge in [0.05, 0.1) is 11.5 Å². The van der Waals surface area contributed by atoms with Gasteiger partial charge in [0.25, 0.3) is 0 Å². The van der Waals surface area contributed by atoms with Crippen LogP contribution in [0.1, 0.15) is 79.1 Å². The van der Waals surface area contributed by atoms with E-state index < -0.39 is 0 Å². The summed E-state index contributed by atoms with van der Waals surface area (Å²) in [7, 11) is 0. The summed E-state index contributed by atoms with van der Waals surface area (Å²) in [6.45, 7) is 17.2. The fourth-order valence-corrected chi connectivity index (χ4v) is 2.42. The summed E-state index contributed by atoms with van der Waals surface area (Å²) >= 11 is 0. The smallest absolute Gasteiger partial charge is 0.0995 e. The summed E-state index contributed by atoms with van der Waals surface area (Å²) in [5.74, 6) is 2.83. The molecule has 0 aromatic carbocycles.